The van der Waals surface area contributed by atoms with E-state index < -0.39 is 0 Å². The van der Waals surface area contributed by atoms with Gasteiger partial charge in [-0.3, -0.25) is 4.79 Å². The Hall–Kier alpha value is -2.75. The Balaban J connectivity index is 1.88. The fourth-order valence-electron chi connectivity index (χ4n) is 2.98. The summed E-state index contributed by atoms with van der Waals surface area (Å²) in [5, 5.41) is 0. The molecule has 0 aliphatic rings. The van der Waals surface area contributed by atoms with Gasteiger partial charge in [0.1, 0.15) is 0 Å². The van der Waals surface area contributed by atoms with Gasteiger partial charge in [-0.25, -0.2) is 9.97 Å². The summed E-state index contributed by atoms with van der Waals surface area (Å²) >= 11 is 0. The summed E-state index contributed by atoms with van der Waals surface area (Å²) in [4.78, 5) is 23.9. The number of aryl methyl sites for hydroxylation is 2. The molecule has 25 heavy (non-hydrogen) atoms. The second kappa shape index (κ2) is 7.43. The monoisotopic (exact) mass is 333 g/mol. The largest absolute Gasteiger partial charge is 0.337 e. The van der Waals surface area contributed by atoms with Crippen LogP contribution in [0.5, 0.6) is 0 Å². The van der Waals surface area contributed by atoms with E-state index in [4.69, 9.17) is 9.97 Å². The normalized spacial score (nSPS) is 10.8. The van der Waals surface area contributed by atoms with E-state index in [0.717, 1.165) is 40.8 Å². The Bertz CT molecular complexity index is 890. The highest BCUT2D eigenvalue weighted by atomic mass is 16.2. The van der Waals surface area contributed by atoms with Gasteiger partial charge in [-0.05, 0) is 36.6 Å². The number of hydrogen-bond donors (Lipinski definition) is 0. The molecule has 1 amide bonds. The highest BCUT2D eigenvalue weighted by molar-refractivity contribution is 5.97. The number of carbonyl (C=O) groups excluding carboxylic acids is 1. The van der Waals surface area contributed by atoms with Gasteiger partial charge in [0.05, 0.1) is 22.4 Å². The van der Waals surface area contributed by atoms with Crippen molar-refractivity contribution in [3.05, 3.63) is 71.0 Å². The van der Waals surface area contributed by atoms with Gasteiger partial charge in [0, 0.05) is 19.2 Å². The highest BCUT2D eigenvalue weighted by Crippen LogP contribution is 2.17. The Morgan fingerprint density at radius 3 is 2.20 bits per heavy atom. The molecule has 0 fully saturated rings. The van der Waals surface area contributed by atoms with E-state index in [-0.39, 0.29) is 5.91 Å². The molecule has 0 aliphatic carbocycles. The van der Waals surface area contributed by atoms with Crippen LogP contribution in [0.1, 0.15) is 41.2 Å². The average molecular weight is 333 g/mol. The number of rotatable bonds is 5. The summed E-state index contributed by atoms with van der Waals surface area (Å²) in [7, 11) is 1.82. The summed E-state index contributed by atoms with van der Waals surface area (Å²) in [5.41, 5.74) is 5.43. The van der Waals surface area contributed by atoms with Crippen LogP contribution in [0, 0.1) is 0 Å². The van der Waals surface area contributed by atoms with Crippen molar-refractivity contribution in [2.75, 3.05) is 7.05 Å². The predicted octanol–water partition coefficient (Wildman–Crippen LogP) is 4.03. The number of nitrogens with zero attached hydrogens (tertiary/aromatic N) is 3. The number of amides is 1. The number of fused-ring (bicyclic) bond motifs is 1. The summed E-state index contributed by atoms with van der Waals surface area (Å²) in [6.07, 6.45) is 1.71. The maximum Gasteiger partial charge on any atom is 0.253 e. The predicted molar refractivity (Wildman–Crippen MR) is 101 cm³/mol. The van der Waals surface area contributed by atoms with Crippen molar-refractivity contribution in [1.82, 2.24) is 14.9 Å². The third-order valence-electron chi connectivity index (χ3n) is 4.35. The molecule has 1 heterocycles. The van der Waals surface area contributed by atoms with Crippen LogP contribution in [0.4, 0.5) is 0 Å². The lowest BCUT2D eigenvalue weighted by Gasteiger charge is -2.17. The molecule has 3 aromatic rings. The quantitative estimate of drug-likeness (QED) is 0.708. The zero-order valence-corrected chi connectivity index (χ0v) is 15.0. The molecule has 0 aliphatic heterocycles. The van der Waals surface area contributed by atoms with E-state index >= 15 is 0 Å². The van der Waals surface area contributed by atoms with E-state index in [2.05, 4.69) is 13.8 Å². The zero-order chi connectivity index (χ0) is 17.8. The van der Waals surface area contributed by atoms with Crippen molar-refractivity contribution in [3.63, 3.8) is 0 Å². The van der Waals surface area contributed by atoms with Gasteiger partial charge in [-0.15, -0.1) is 0 Å². The first-order chi connectivity index (χ1) is 12.1. The van der Waals surface area contributed by atoms with Gasteiger partial charge in [-0.1, -0.05) is 44.2 Å². The van der Waals surface area contributed by atoms with E-state index in [1.165, 1.54) is 0 Å². The van der Waals surface area contributed by atoms with Crippen molar-refractivity contribution in [2.24, 2.45) is 0 Å². The Kier molecular flexibility index (Phi) is 5.08. The van der Waals surface area contributed by atoms with Gasteiger partial charge >= 0.3 is 0 Å². The molecular weight excluding hydrogens is 310 g/mol. The highest BCUT2D eigenvalue weighted by Gasteiger charge is 2.14. The molecule has 0 radical (unpaired) electrons. The molecule has 0 saturated carbocycles. The first-order valence-electron chi connectivity index (χ1n) is 8.71. The second-order valence-electron chi connectivity index (χ2n) is 6.17. The van der Waals surface area contributed by atoms with Gasteiger partial charge in [-0.2, -0.15) is 0 Å². The lowest BCUT2D eigenvalue weighted by Crippen LogP contribution is -2.26. The minimum atomic E-state index is -0.00910. The van der Waals surface area contributed by atoms with E-state index in [9.17, 15) is 4.79 Å². The van der Waals surface area contributed by atoms with E-state index in [1.54, 1.807) is 4.90 Å². The van der Waals surface area contributed by atoms with Crippen LogP contribution < -0.4 is 0 Å². The first kappa shape index (κ1) is 17.1. The van der Waals surface area contributed by atoms with Crippen LogP contribution in [-0.4, -0.2) is 27.8 Å². The van der Waals surface area contributed by atoms with Gasteiger partial charge in [0.2, 0.25) is 0 Å². The topological polar surface area (TPSA) is 46.1 Å². The first-order valence-corrected chi connectivity index (χ1v) is 8.71. The molecule has 128 valence electrons. The molecule has 1 aromatic heterocycles. The minimum absolute atomic E-state index is 0.00910. The number of benzene rings is 2. The lowest BCUT2D eigenvalue weighted by atomic mass is 10.1. The van der Waals surface area contributed by atoms with Crippen LogP contribution in [0.15, 0.2) is 48.5 Å². The second-order valence-corrected chi connectivity index (χ2v) is 6.17. The summed E-state index contributed by atoms with van der Waals surface area (Å²) in [6, 6.07) is 15.6. The zero-order valence-electron chi connectivity index (χ0n) is 15.0. The molecule has 0 atom stereocenters. The molecule has 0 N–H and O–H groups in total. The molecule has 0 unspecified atom stereocenters. The molecule has 2 aromatic carbocycles. The molecule has 4 heteroatoms. The Labute approximate surface area is 148 Å². The van der Waals surface area contributed by atoms with Crippen LogP contribution in [0.25, 0.3) is 11.0 Å². The van der Waals surface area contributed by atoms with Crippen LogP contribution in [-0.2, 0) is 19.4 Å². The van der Waals surface area contributed by atoms with Gasteiger partial charge < -0.3 is 4.90 Å². The minimum Gasteiger partial charge on any atom is -0.337 e. The van der Waals surface area contributed by atoms with Crippen molar-refractivity contribution < 1.29 is 4.79 Å². The summed E-state index contributed by atoms with van der Waals surface area (Å²) < 4.78 is 0. The fourth-order valence-corrected chi connectivity index (χ4v) is 2.98. The fraction of sp³-hybridized carbons (Fsp3) is 0.286. The van der Waals surface area contributed by atoms with Crippen molar-refractivity contribution in [1.29, 1.82) is 0 Å². The standard InChI is InChI=1S/C21H23N3O/c1-4-17-18(5-2)23-20-13-16(11-12-19(20)22-17)21(25)24(3)14-15-9-7-6-8-10-15/h6-13H,4-5,14H2,1-3H3. The smallest absolute Gasteiger partial charge is 0.253 e. The van der Waals surface area contributed by atoms with Crippen LogP contribution >= 0.6 is 0 Å². The average Bonchev–Trinajstić information content (AvgIpc) is 2.66. The lowest BCUT2D eigenvalue weighted by molar-refractivity contribution is 0.0785. The van der Waals surface area contributed by atoms with Crippen molar-refractivity contribution in [2.45, 2.75) is 33.2 Å². The van der Waals surface area contributed by atoms with Crippen LogP contribution in [0.3, 0.4) is 0 Å². The number of hydrogen-bond acceptors (Lipinski definition) is 3. The van der Waals surface area contributed by atoms with Gasteiger partial charge in [0.15, 0.2) is 0 Å². The SMILES string of the molecule is CCc1nc2ccc(C(=O)N(C)Cc3ccccc3)cc2nc1CC. The van der Waals surface area contributed by atoms with Crippen LogP contribution in [0.2, 0.25) is 0 Å². The third kappa shape index (κ3) is 3.68. The van der Waals surface area contributed by atoms with E-state index in [0.29, 0.717) is 12.1 Å². The molecular formula is C21H23N3O. The maximum absolute atomic E-state index is 12.7. The maximum atomic E-state index is 12.7. The molecule has 3 rings (SSSR count). The molecule has 0 spiro atoms. The number of carbonyl (C=O) groups is 1. The molecule has 4 nitrogen and oxygen atoms in total. The third-order valence-corrected chi connectivity index (χ3v) is 4.35. The van der Waals surface area contributed by atoms with Crippen molar-refractivity contribution >= 4 is 16.9 Å². The Morgan fingerprint density at radius 1 is 0.920 bits per heavy atom. The summed E-state index contributed by atoms with van der Waals surface area (Å²) in [6.45, 7) is 4.75. The molecule has 0 saturated heterocycles. The number of aromatic nitrogens is 2. The molecule has 0 bridgehead atoms. The van der Waals surface area contributed by atoms with E-state index in [1.807, 2.05) is 55.6 Å². The summed E-state index contributed by atoms with van der Waals surface area (Å²) in [5.74, 6) is -0.00910. The van der Waals surface area contributed by atoms with Crippen molar-refractivity contribution in [3.8, 4) is 0 Å². The Morgan fingerprint density at radius 2 is 1.56 bits per heavy atom. The van der Waals surface area contributed by atoms with Gasteiger partial charge in [0.25, 0.3) is 5.91 Å².